The van der Waals surface area contributed by atoms with Gasteiger partial charge in [-0.2, -0.15) is 0 Å². The minimum absolute atomic E-state index is 0.0205. The average Bonchev–Trinajstić information content (AvgIpc) is 2.88. The number of para-hydroxylation sites is 2. The molecule has 9 nitrogen and oxygen atoms in total. The lowest BCUT2D eigenvalue weighted by Gasteiger charge is -2.30. The minimum Gasteiger partial charge on any atom is -0.497 e. The summed E-state index contributed by atoms with van der Waals surface area (Å²) in [7, 11) is -0.575. The Balaban J connectivity index is 2.22. The Kier molecular flexibility index (Phi) is 11.2. The van der Waals surface area contributed by atoms with Gasteiger partial charge >= 0.3 is 0 Å². The number of carbonyl (C=O) groups is 2. The monoisotopic (exact) mass is 533 g/mol. The number of hydrogen-bond acceptors (Lipinski definition) is 6. The number of hydrogen-bond donors (Lipinski definition) is 1. The maximum Gasteiger partial charge on any atom is 0.242 e. The second-order valence-electron chi connectivity index (χ2n) is 8.98. The van der Waals surface area contributed by atoms with E-state index < -0.39 is 16.1 Å². The van der Waals surface area contributed by atoms with E-state index in [1.54, 1.807) is 38.3 Å². The first-order valence-electron chi connectivity index (χ1n) is 12.3. The van der Waals surface area contributed by atoms with Crippen molar-refractivity contribution < 1.29 is 27.5 Å². The van der Waals surface area contributed by atoms with E-state index in [9.17, 15) is 18.0 Å². The second kappa shape index (κ2) is 13.9. The highest BCUT2D eigenvalue weighted by molar-refractivity contribution is 7.92. The lowest BCUT2D eigenvalue weighted by atomic mass is 10.1. The van der Waals surface area contributed by atoms with Crippen LogP contribution in [0.1, 0.15) is 45.6 Å². The molecule has 0 bridgehead atoms. The van der Waals surface area contributed by atoms with Crippen LogP contribution < -0.4 is 19.1 Å². The van der Waals surface area contributed by atoms with E-state index in [0.717, 1.165) is 18.2 Å². The topological polar surface area (TPSA) is 105 Å². The molecule has 0 aliphatic heterocycles. The summed E-state index contributed by atoms with van der Waals surface area (Å²) in [6, 6.07) is 13.4. The van der Waals surface area contributed by atoms with Crippen molar-refractivity contribution >= 4 is 27.5 Å². The van der Waals surface area contributed by atoms with Crippen LogP contribution in [0.15, 0.2) is 48.5 Å². The van der Waals surface area contributed by atoms with Crippen molar-refractivity contribution in [1.29, 1.82) is 0 Å². The molecule has 0 fully saturated rings. The Bertz CT molecular complexity index is 1150. The number of anilines is 1. The number of sulfonamides is 1. The fraction of sp³-hybridized carbons (Fsp3) is 0.481. The Labute approximate surface area is 220 Å². The molecule has 0 heterocycles. The smallest absolute Gasteiger partial charge is 0.242 e. The predicted molar refractivity (Wildman–Crippen MR) is 145 cm³/mol. The zero-order chi connectivity index (χ0) is 27.6. The molecule has 2 rings (SSSR count). The van der Waals surface area contributed by atoms with Gasteiger partial charge in [0.15, 0.2) is 0 Å². The van der Waals surface area contributed by atoms with Gasteiger partial charge in [-0.1, -0.05) is 31.2 Å². The highest BCUT2D eigenvalue weighted by atomic mass is 32.2. The van der Waals surface area contributed by atoms with Crippen LogP contribution in [0.25, 0.3) is 0 Å². The van der Waals surface area contributed by atoms with E-state index in [0.29, 0.717) is 17.2 Å². The zero-order valence-corrected chi connectivity index (χ0v) is 23.4. The molecular weight excluding hydrogens is 494 g/mol. The first kappa shape index (κ1) is 30.0. The van der Waals surface area contributed by atoms with Gasteiger partial charge in [0.1, 0.15) is 17.5 Å². The average molecular weight is 534 g/mol. The summed E-state index contributed by atoms with van der Waals surface area (Å²) in [5.41, 5.74) is 1.23. The Hall–Kier alpha value is -3.27. The molecule has 2 aromatic carbocycles. The highest BCUT2D eigenvalue weighted by Gasteiger charge is 2.27. The molecule has 1 N–H and O–H groups in total. The fourth-order valence-electron chi connectivity index (χ4n) is 3.83. The number of methoxy groups -OCH3 is 2. The summed E-state index contributed by atoms with van der Waals surface area (Å²) in [6.45, 7) is 5.90. The van der Waals surface area contributed by atoms with E-state index in [4.69, 9.17) is 9.47 Å². The number of ether oxygens (including phenoxy) is 2. The largest absolute Gasteiger partial charge is 0.497 e. The lowest BCUT2D eigenvalue weighted by molar-refractivity contribution is -0.140. The number of nitrogens with one attached hydrogen (secondary N) is 1. The maximum atomic E-state index is 13.4. The second-order valence-corrected chi connectivity index (χ2v) is 10.9. The van der Waals surface area contributed by atoms with Crippen molar-refractivity contribution in [3.05, 3.63) is 54.1 Å². The number of carbonyl (C=O) groups excluding carboxylic acids is 2. The Morgan fingerprint density at radius 3 is 2.35 bits per heavy atom. The zero-order valence-electron chi connectivity index (χ0n) is 22.6. The first-order valence-corrected chi connectivity index (χ1v) is 14.2. The molecule has 0 aliphatic rings. The van der Waals surface area contributed by atoms with Crippen LogP contribution >= 0.6 is 0 Å². The molecule has 0 aliphatic carbocycles. The van der Waals surface area contributed by atoms with Gasteiger partial charge < -0.3 is 19.7 Å². The molecule has 0 saturated heterocycles. The SMILES string of the molecule is CC[C@H](C)NC(=O)[C@H](C)N(Cc1cccc(OC)c1)C(=O)CCCN(c1ccccc1OC)S(C)(=O)=O. The normalized spacial score (nSPS) is 12.8. The lowest BCUT2D eigenvalue weighted by Crippen LogP contribution is -2.49. The quantitative estimate of drug-likeness (QED) is 0.398. The summed E-state index contributed by atoms with van der Waals surface area (Å²) in [5.74, 6) is 0.594. The number of amides is 2. The Morgan fingerprint density at radius 2 is 1.73 bits per heavy atom. The molecule has 10 heteroatoms. The highest BCUT2D eigenvalue weighted by Crippen LogP contribution is 2.29. The third-order valence-electron chi connectivity index (χ3n) is 6.16. The van der Waals surface area contributed by atoms with Crippen molar-refractivity contribution in [3.8, 4) is 11.5 Å². The van der Waals surface area contributed by atoms with Gasteiger partial charge in [0.2, 0.25) is 21.8 Å². The standard InChI is InChI=1S/C27H39N3O6S/c1-7-20(2)28-27(32)21(3)29(19-22-12-10-13-23(18-22)35-4)26(31)16-11-17-30(37(6,33)34)24-14-8-9-15-25(24)36-5/h8-10,12-15,18,20-21H,7,11,16-17,19H2,1-6H3,(H,28,32)/t20-,21-/m0/s1. The molecule has 0 saturated carbocycles. The summed E-state index contributed by atoms with van der Waals surface area (Å²) in [5, 5.41) is 2.94. The maximum absolute atomic E-state index is 13.4. The van der Waals surface area contributed by atoms with E-state index in [2.05, 4.69) is 5.32 Å². The number of rotatable bonds is 14. The molecule has 2 atom stereocenters. The van der Waals surface area contributed by atoms with Crippen molar-refractivity contribution in [2.24, 2.45) is 0 Å². The molecule has 0 radical (unpaired) electrons. The Morgan fingerprint density at radius 1 is 1.03 bits per heavy atom. The van der Waals surface area contributed by atoms with Gasteiger partial charge in [-0.3, -0.25) is 13.9 Å². The fourth-order valence-corrected chi connectivity index (χ4v) is 4.80. The van der Waals surface area contributed by atoms with E-state index >= 15 is 0 Å². The van der Waals surface area contributed by atoms with Gasteiger partial charge in [0.25, 0.3) is 0 Å². The molecule has 204 valence electrons. The van der Waals surface area contributed by atoms with Crippen LogP contribution in [0.5, 0.6) is 11.5 Å². The molecule has 2 aromatic rings. The van der Waals surface area contributed by atoms with Crippen LogP contribution in [0.2, 0.25) is 0 Å². The minimum atomic E-state index is -3.62. The van der Waals surface area contributed by atoms with Crippen LogP contribution in [-0.4, -0.2) is 64.2 Å². The molecule has 37 heavy (non-hydrogen) atoms. The molecule has 2 amide bonds. The van der Waals surface area contributed by atoms with Gasteiger partial charge in [-0.25, -0.2) is 8.42 Å². The van der Waals surface area contributed by atoms with Crippen LogP contribution in [0.3, 0.4) is 0 Å². The van der Waals surface area contributed by atoms with Crippen molar-refractivity contribution in [3.63, 3.8) is 0 Å². The summed E-state index contributed by atoms with van der Waals surface area (Å²) in [6.07, 6.45) is 2.22. The van der Waals surface area contributed by atoms with Crippen LogP contribution in [0, 0.1) is 0 Å². The van der Waals surface area contributed by atoms with Crippen molar-refractivity contribution in [1.82, 2.24) is 10.2 Å². The molecule has 0 aromatic heterocycles. The number of nitrogens with zero attached hydrogens (tertiary/aromatic N) is 2. The van der Waals surface area contributed by atoms with Crippen LogP contribution in [-0.2, 0) is 26.2 Å². The number of benzene rings is 2. The molecular formula is C27H39N3O6S. The summed E-state index contributed by atoms with van der Waals surface area (Å²) < 4.78 is 37.0. The van der Waals surface area contributed by atoms with Crippen LogP contribution in [0.4, 0.5) is 5.69 Å². The van der Waals surface area contributed by atoms with E-state index in [-0.39, 0.29) is 43.8 Å². The summed E-state index contributed by atoms with van der Waals surface area (Å²) in [4.78, 5) is 27.9. The molecule has 0 spiro atoms. The first-order chi connectivity index (χ1) is 17.5. The van der Waals surface area contributed by atoms with Crippen molar-refractivity contribution in [2.75, 3.05) is 31.3 Å². The van der Waals surface area contributed by atoms with Gasteiger partial charge in [0, 0.05) is 25.6 Å². The van der Waals surface area contributed by atoms with Crippen molar-refractivity contribution in [2.45, 2.75) is 58.7 Å². The summed E-state index contributed by atoms with van der Waals surface area (Å²) >= 11 is 0. The third kappa shape index (κ3) is 8.66. The van der Waals surface area contributed by atoms with E-state index in [1.165, 1.54) is 16.3 Å². The molecule has 0 unspecified atom stereocenters. The van der Waals surface area contributed by atoms with Gasteiger partial charge in [-0.05, 0) is 56.5 Å². The van der Waals surface area contributed by atoms with Gasteiger partial charge in [-0.15, -0.1) is 0 Å². The van der Waals surface area contributed by atoms with E-state index in [1.807, 2.05) is 38.1 Å². The van der Waals surface area contributed by atoms with Gasteiger partial charge in [0.05, 0.1) is 26.2 Å². The predicted octanol–water partition coefficient (Wildman–Crippen LogP) is 3.58. The third-order valence-corrected chi connectivity index (χ3v) is 7.34.